The highest BCUT2D eigenvalue weighted by atomic mass is 16.5. The Morgan fingerprint density at radius 2 is 1.74 bits per heavy atom. The molecule has 0 aliphatic carbocycles. The third-order valence-corrected chi connectivity index (χ3v) is 3.45. The van der Waals surface area contributed by atoms with Gasteiger partial charge in [0.25, 0.3) is 0 Å². The average Bonchev–Trinajstić information content (AvgIpc) is 2.56. The van der Waals surface area contributed by atoms with Gasteiger partial charge in [0.1, 0.15) is 0 Å². The quantitative estimate of drug-likeness (QED) is 0.657. The van der Waals surface area contributed by atoms with Crippen LogP contribution in [0.15, 0.2) is 48.5 Å². The van der Waals surface area contributed by atoms with Crippen molar-refractivity contribution in [2.45, 2.75) is 20.0 Å². The predicted octanol–water partition coefficient (Wildman–Crippen LogP) is 3.28. The van der Waals surface area contributed by atoms with Gasteiger partial charge in [-0.1, -0.05) is 48.0 Å². The summed E-state index contributed by atoms with van der Waals surface area (Å²) in [5, 5.41) is 5.61. The molecule has 0 saturated carbocycles. The summed E-state index contributed by atoms with van der Waals surface area (Å²) in [5.74, 6) is -0.240. The molecule has 2 rings (SSSR count). The number of ketones is 1. The van der Waals surface area contributed by atoms with Gasteiger partial charge in [0.15, 0.2) is 6.17 Å². The highest BCUT2D eigenvalue weighted by molar-refractivity contribution is 6.02. The van der Waals surface area contributed by atoms with E-state index < -0.39 is 12.3 Å². The molecule has 5 nitrogen and oxygen atoms in total. The number of rotatable bonds is 5. The second-order valence-electron chi connectivity index (χ2n) is 5.26. The number of methoxy groups -OCH3 is 1. The second-order valence-corrected chi connectivity index (χ2v) is 5.26. The van der Waals surface area contributed by atoms with Gasteiger partial charge in [-0.25, -0.2) is 4.79 Å². The van der Waals surface area contributed by atoms with Crippen LogP contribution in [0.3, 0.4) is 0 Å². The molecule has 2 N–H and O–H groups in total. The Balaban J connectivity index is 2.27. The molecular weight excluding hydrogens is 292 g/mol. The summed E-state index contributed by atoms with van der Waals surface area (Å²) in [6.45, 7) is 3.94. The summed E-state index contributed by atoms with van der Waals surface area (Å²) in [6.07, 6.45) is -1.58. The number of alkyl carbamates (subject to hydrolysis) is 1. The van der Waals surface area contributed by atoms with Gasteiger partial charge >= 0.3 is 6.09 Å². The van der Waals surface area contributed by atoms with Crippen LogP contribution in [-0.4, -0.2) is 25.2 Å². The lowest BCUT2D eigenvalue weighted by molar-refractivity contribution is 0.0944. The Kier molecular flexibility index (Phi) is 5.36. The number of Topliss-reactive ketones (excluding diaryl/α,β-unsaturated/α-hetero) is 1. The number of anilines is 1. The van der Waals surface area contributed by atoms with Crippen LogP contribution in [0, 0.1) is 13.8 Å². The molecule has 23 heavy (non-hydrogen) atoms. The van der Waals surface area contributed by atoms with E-state index in [2.05, 4.69) is 15.4 Å². The number of benzene rings is 2. The first-order chi connectivity index (χ1) is 11.0. The molecular formula is C18H20N2O3. The normalized spacial score (nSPS) is 11.4. The van der Waals surface area contributed by atoms with Crippen LogP contribution in [0.2, 0.25) is 0 Å². The van der Waals surface area contributed by atoms with E-state index >= 15 is 0 Å². The van der Waals surface area contributed by atoms with Crippen LogP contribution >= 0.6 is 0 Å². The first-order valence-corrected chi connectivity index (χ1v) is 7.29. The number of nitrogens with one attached hydrogen (secondary N) is 2. The molecule has 120 valence electrons. The van der Waals surface area contributed by atoms with Gasteiger partial charge in [0.2, 0.25) is 5.78 Å². The maximum atomic E-state index is 12.6. The van der Waals surface area contributed by atoms with Crippen LogP contribution in [0.5, 0.6) is 0 Å². The van der Waals surface area contributed by atoms with Crippen molar-refractivity contribution in [3.05, 3.63) is 65.2 Å². The lowest BCUT2D eigenvalue weighted by Gasteiger charge is -2.21. The van der Waals surface area contributed by atoms with Crippen LogP contribution in [0.1, 0.15) is 21.5 Å². The summed E-state index contributed by atoms with van der Waals surface area (Å²) in [5.41, 5.74) is 3.40. The highest BCUT2D eigenvalue weighted by Gasteiger charge is 2.22. The fraction of sp³-hybridized carbons (Fsp3) is 0.222. The molecule has 0 aliphatic heterocycles. The molecule has 2 aromatic carbocycles. The minimum absolute atomic E-state index is 0.240. The number of hydrogen-bond acceptors (Lipinski definition) is 4. The van der Waals surface area contributed by atoms with Crippen molar-refractivity contribution in [1.82, 2.24) is 5.32 Å². The van der Waals surface area contributed by atoms with Crippen LogP contribution in [-0.2, 0) is 4.74 Å². The van der Waals surface area contributed by atoms with E-state index in [4.69, 9.17) is 0 Å². The minimum Gasteiger partial charge on any atom is -0.453 e. The van der Waals surface area contributed by atoms with E-state index in [-0.39, 0.29) is 5.78 Å². The standard InChI is InChI=1S/C18H20N2O3/c1-12-9-10-15(13(2)11-12)19-17(20-18(22)23-3)16(21)14-7-5-4-6-8-14/h4-11,17,19H,1-3H3,(H,20,22)/t17-/m1/s1. The zero-order valence-electron chi connectivity index (χ0n) is 13.4. The third kappa shape index (κ3) is 4.32. The highest BCUT2D eigenvalue weighted by Crippen LogP contribution is 2.17. The Hall–Kier alpha value is -2.82. The zero-order chi connectivity index (χ0) is 16.8. The van der Waals surface area contributed by atoms with Gasteiger partial charge in [-0.3, -0.25) is 10.1 Å². The Morgan fingerprint density at radius 3 is 2.35 bits per heavy atom. The average molecular weight is 312 g/mol. The smallest absolute Gasteiger partial charge is 0.408 e. The summed E-state index contributed by atoms with van der Waals surface area (Å²) in [7, 11) is 1.26. The monoisotopic (exact) mass is 312 g/mol. The minimum atomic E-state index is -0.911. The zero-order valence-corrected chi connectivity index (χ0v) is 13.4. The number of hydrogen-bond donors (Lipinski definition) is 2. The number of aryl methyl sites for hydroxylation is 2. The molecule has 0 saturated heterocycles. The molecule has 0 spiro atoms. The molecule has 1 atom stereocenters. The molecule has 0 bridgehead atoms. The molecule has 0 fully saturated rings. The van der Waals surface area contributed by atoms with Gasteiger partial charge in [-0.2, -0.15) is 0 Å². The lowest BCUT2D eigenvalue weighted by Crippen LogP contribution is -2.46. The summed E-state index contributed by atoms with van der Waals surface area (Å²) < 4.78 is 4.61. The van der Waals surface area contributed by atoms with Gasteiger partial charge < -0.3 is 10.1 Å². The first kappa shape index (κ1) is 16.5. The summed E-state index contributed by atoms with van der Waals surface area (Å²) in [6, 6.07) is 14.6. The SMILES string of the molecule is COC(=O)N[C@@H](Nc1ccc(C)cc1C)C(=O)c1ccccc1. The molecule has 0 aliphatic rings. The Morgan fingerprint density at radius 1 is 1.04 bits per heavy atom. The molecule has 0 heterocycles. The molecule has 5 heteroatoms. The predicted molar refractivity (Wildman–Crippen MR) is 89.6 cm³/mol. The van der Waals surface area contributed by atoms with Gasteiger partial charge in [0.05, 0.1) is 7.11 Å². The van der Waals surface area contributed by atoms with E-state index in [0.717, 1.165) is 16.8 Å². The van der Waals surface area contributed by atoms with Gasteiger partial charge in [0, 0.05) is 11.3 Å². The van der Waals surface area contributed by atoms with Crippen molar-refractivity contribution in [1.29, 1.82) is 0 Å². The number of amides is 1. The summed E-state index contributed by atoms with van der Waals surface area (Å²) in [4.78, 5) is 24.2. The molecule has 0 unspecified atom stereocenters. The maximum Gasteiger partial charge on any atom is 0.408 e. The van der Waals surface area contributed by atoms with E-state index in [1.54, 1.807) is 24.3 Å². The van der Waals surface area contributed by atoms with E-state index in [9.17, 15) is 9.59 Å². The van der Waals surface area contributed by atoms with Crippen LogP contribution < -0.4 is 10.6 Å². The van der Waals surface area contributed by atoms with Crippen molar-refractivity contribution < 1.29 is 14.3 Å². The number of carbonyl (C=O) groups is 2. The molecule has 1 amide bonds. The Bertz CT molecular complexity index is 699. The first-order valence-electron chi connectivity index (χ1n) is 7.29. The van der Waals surface area contributed by atoms with E-state index in [0.29, 0.717) is 5.56 Å². The topological polar surface area (TPSA) is 67.4 Å². The molecule has 0 radical (unpaired) electrons. The number of carbonyl (C=O) groups excluding carboxylic acids is 2. The fourth-order valence-electron chi connectivity index (χ4n) is 2.24. The van der Waals surface area contributed by atoms with E-state index in [1.165, 1.54) is 7.11 Å². The number of ether oxygens (including phenoxy) is 1. The van der Waals surface area contributed by atoms with E-state index in [1.807, 2.05) is 38.1 Å². The van der Waals surface area contributed by atoms with Crippen molar-refractivity contribution in [2.24, 2.45) is 0 Å². The van der Waals surface area contributed by atoms with Gasteiger partial charge in [-0.05, 0) is 25.5 Å². The molecule has 0 aromatic heterocycles. The second kappa shape index (κ2) is 7.45. The van der Waals surface area contributed by atoms with Gasteiger partial charge in [-0.15, -0.1) is 0 Å². The van der Waals surface area contributed by atoms with Crippen molar-refractivity contribution in [2.75, 3.05) is 12.4 Å². The summed E-state index contributed by atoms with van der Waals surface area (Å²) >= 11 is 0. The lowest BCUT2D eigenvalue weighted by atomic mass is 10.1. The largest absolute Gasteiger partial charge is 0.453 e. The van der Waals surface area contributed by atoms with Crippen molar-refractivity contribution in [3.8, 4) is 0 Å². The maximum absolute atomic E-state index is 12.6. The Labute approximate surface area is 135 Å². The van der Waals surface area contributed by atoms with Crippen LogP contribution in [0.25, 0.3) is 0 Å². The van der Waals surface area contributed by atoms with Crippen molar-refractivity contribution >= 4 is 17.6 Å². The van der Waals surface area contributed by atoms with Crippen LogP contribution in [0.4, 0.5) is 10.5 Å². The fourth-order valence-corrected chi connectivity index (χ4v) is 2.24. The van der Waals surface area contributed by atoms with Crippen molar-refractivity contribution in [3.63, 3.8) is 0 Å². The molecule has 2 aromatic rings. The third-order valence-electron chi connectivity index (χ3n) is 3.45.